The van der Waals surface area contributed by atoms with E-state index in [0.717, 1.165) is 52.1 Å². The van der Waals surface area contributed by atoms with E-state index in [-0.39, 0.29) is 6.29 Å². The van der Waals surface area contributed by atoms with Gasteiger partial charge in [0.05, 0.1) is 19.8 Å². The highest BCUT2D eigenvalue weighted by atomic mass is 16.7. The molecule has 0 aliphatic carbocycles. The van der Waals surface area contributed by atoms with E-state index in [1.807, 2.05) is 0 Å². The molecule has 1 atom stereocenters. The number of carbonyl (C=O) groups is 1. The van der Waals surface area contributed by atoms with Gasteiger partial charge in [-0.15, -0.1) is 0 Å². The lowest BCUT2D eigenvalue weighted by Gasteiger charge is -2.38. The Morgan fingerprint density at radius 2 is 1.77 bits per heavy atom. The SMILES string of the molecule is CCC1CCCCN1C(=O)CN1CCC(C2OCCO2)CC1. The molecular weight excluding hydrogens is 280 g/mol. The monoisotopic (exact) mass is 310 g/mol. The number of carbonyl (C=O) groups excluding carboxylic acids is 1. The average Bonchev–Trinajstić information content (AvgIpc) is 3.10. The summed E-state index contributed by atoms with van der Waals surface area (Å²) >= 11 is 0. The van der Waals surface area contributed by atoms with E-state index >= 15 is 0 Å². The highest BCUT2D eigenvalue weighted by Crippen LogP contribution is 2.26. The van der Waals surface area contributed by atoms with Crippen molar-refractivity contribution in [3.63, 3.8) is 0 Å². The molecule has 0 aromatic rings. The first kappa shape index (κ1) is 16.2. The summed E-state index contributed by atoms with van der Waals surface area (Å²) in [7, 11) is 0. The van der Waals surface area contributed by atoms with Crippen LogP contribution in [0.3, 0.4) is 0 Å². The molecule has 0 radical (unpaired) electrons. The first-order valence-corrected chi connectivity index (χ1v) is 9.03. The molecule has 5 heteroatoms. The van der Waals surface area contributed by atoms with Gasteiger partial charge in [-0.05, 0) is 51.6 Å². The second kappa shape index (κ2) is 7.75. The zero-order chi connectivity index (χ0) is 15.4. The van der Waals surface area contributed by atoms with E-state index in [4.69, 9.17) is 9.47 Å². The quantitative estimate of drug-likeness (QED) is 0.795. The Hall–Kier alpha value is -0.650. The van der Waals surface area contributed by atoms with Crippen LogP contribution in [-0.2, 0) is 14.3 Å². The molecule has 3 fully saturated rings. The molecule has 3 aliphatic heterocycles. The number of hydrogen-bond acceptors (Lipinski definition) is 4. The van der Waals surface area contributed by atoms with Crippen molar-refractivity contribution in [1.29, 1.82) is 0 Å². The highest BCUT2D eigenvalue weighted by Gasteiger charge is 2.32. The van der Waals surface area contributed by atoms with E-state index in [0.29, 0.717) is 24.4 Å². The Balaban J connectivity index is 1.44. The fourth-order valence-electron chi connectivity index (χ4n) is 4.07. The lowest BCUT2D eigenvalue weighted by atomic mass is 9.96. The largest absolute Gasteiger partial charge is 0.350 e. The smallest absolute Gasteiger partial charge is 0.236 e. The molecule has 5 nitrogen and oxygen atoms in total. The third kappa shape index (κ3) is 3.81. The molecular formula is C17H30N2O3. The van der Waals surface area contributed by atoms with Crippen LogP contribution in [-0.4, -0.2) is 67.4 Å². The molecule has 126 valence electrons. The number of ether oxygens (including phenoxy) is 2. The molecule has 0 bridgehead atoms. The number of rotatable bonds is 4. The van der Waals surface area contributed by atoms with Crippen molar-refractivity contribution < 1.29 is 14.3 Å². The third-order valence-corrected chi connectivity index (χ3v) is 5.44. The molecule has 3 saturated heterocycles. The van der Waals surface area contributed by atoms with E-state index < -0.39 is 0 Å². The Labute approximate surface area is 133 Å². The van der Waals surface area contributed by atoms with Gasteiger partial charge < -0.3 is 14.4 Å². The second-order valence-corrected chi connectivity index (χ2v) is 6.87. The summed E-state index contributed by atoms with van der Waals surface area (Å²) in [6.45, 7) is 7.19. The van der Waals surface area contributed by atoms with Crippen molar-refractivity contribution >= 4 is 5.91 Å². The lowest BCUT2D eigenvalue weighted by molar-refractivity contribution is -0.137. The van der Waals surface area contributed by atoms with Gasteiger partial charge in [-0.2, -0.15) is 0 Å². The van der Waals surface area contributed by atoms with Crippen molar-refractivity contribution in [1.82, 2.24) is 9.80 Å². The van der Waals surface area contributed by atoms with Gasteiger partial charge in [0.2, 0.25) is 5.91 Å². The van der Waals surface area contributed by atoms with Crippen LogP contribution in [0.15, 0.2) is 0 Å². The summed E-state index contributed by atoms with van der Waals surface area (Å²) < 4.78 is 11.2. The molecule has 3 rings (SSSR count). The van der Waals surface area contributed by atoms with Crippen LogP contribution >= 0.6 is 0 Å². The molecule has 0 spiro atoms. The molecule has 0 saturated carbocycles. The molecule has 1 amide bonds. The van der Waals surface area contributed by atoms with Crippen LogP contribution in [0.1, 0.15) is 45.4 Å². The standard InChI is InChI=1S/C17H30N2O3/c1-2-15-5-3-4-8-19(15)16(20)13-18-9-6-14(7-10-18)17-21-11-12-22-17/h14-15,17H,2-13H2,1H3. The minimum Gasteiger partial charge on any atom is -0.350 e. The molecule has 0 aromatic heterocycles. The van der Waals surface area contributed by atoms with Gasteiger partial charge in [-0.3, -0.25) is 9.69 Å². The Bertz CT molecular complexity index is 363. The second-order valence-electron chi connectivity index (χ2n) is 6.87. The van der Waals surface area contributed by atoms with Crippen molar-refractivity contribution in [2.45, 2.75) is 57.8 Å². The normalized spacial score (nSPS) is 29.1. The summed E-state index contributed by atoms with van der Waals surface area (Å²) in [6.07, 6.45) is 6.87. The van der Waals surface area contributed by atoms with E-state index in [9.17, 15) is 4.79 Å². The van der Waals surface area contributed by atoms with Crippen LogP contribution in [0.25, 0.3) is 0 Å². The molecule has 1 unspecified atom stereocenters. The van der Waals surface area contributed by atoms with Gasteiger partial charge in [0.1, 0.15) is 0 Å². The molecule has 0 N–H and O–H groups in total. The van der Waals surface area contributed by atoms with Crippen LogP contribution in [0, 0.1) is 5.92 Å². The van der Waals surface area contributed by atoms with Gasteiger partial charge in [0.15, 0.2) is 6.29 Å². The fourth-order valence-corrected chi connectivity index (χ4v) is 4.07. The van der Waals surface area contributed by atoms with E-state index in [1.165, 1.54) is 19.3 Å². The maximum Gasteiger partial charge on any atom is 0.236 e. The lowest BCUT2D eigenvalue weighted by Crippen LogP contribution is -2.49. The highest BCUT2D eigenvalue weighted by molar-refractivity contribution is 5.78. The summed E-state index contributed by atoms with van der Waals surface area (Å²) in [5.41, 5.74) is 0. The predicted molar refractivity (Wildman–Crippen MR) is 84.5 cm³/mol. The third-order valence-electron chi connectivity index (χ3n) is 5.44. The van der Waals surface area contributed by atoms with Crippen molar-refractivity contribution in [2.24, 2.45) is 5.92 Å². The van der Waals surface area contributed by atoms with Crippen LogP contribution in [0.2, 0.25) is 0 Å². The first-order valence-electron chi connectivity index (χ1n) is 9.03. The molecule has 3 heterocycles. The fraction of sp³-hybridized carbons (Fsp3) is 0.941. The number of likely N-dealkylation sites (tertiary alicyclic amines) is 2. The van der Waals surface area contributed by atoms with Gasteiger partial charge in [-0.1, -0.05) is 6.92 Å². The van der Waals surface area contributed by atoms with Gasteiger partial charge in [0.25, 0.3) is 0 Å². The maximum atomic E-state index is 12.6. The van der Waals surface area contributed by atoms with E-state index in [1.54, 1.807) is 0 Å². The number of nitrogens with zero attached hydrogens (tertiary/aromatic N) is 2. The Morgan fingerprint density at radius 3 is 2.45 bits per heavy atom. The summed E-state index contributed by atoms with van der Waals surface area (Å²) in [6, 6.07) is 0.471. The maximum absolute atomic E-state index is 12.6. The predicted octanol–water partition coefficient (Wildman–Crippen LogP) is 1.86. The Morgan fingerprint density at radius 1 is 1.05 bits per heavy atom. The van der Waals surface area contributed by atoms with Crippen LogP contribution in [0.4, 0.5) is 0 Å². The molecule has 3 aliphatic rings. The van der Waals surface area contributed by atoms with Crippen molar-refractivity contribution in [3.05, 3.63) is 0 Å². The first-order chi connectivity index (χ1) is 10.8. The minimum absolute atomic E-state index is 0.00409. The number of amides is 1. The molecule has 22 heavy (non-hydrogen) atoms. The Kier molecular flexibility index (Phi) is 5.71. The number of piperidine rings is 2. The van der Waals surface area contributed by atoms with Crippen molar-refractivity contribution in [3.8, 4) is 0 Å². The van der Waals surface area contributed by atoms with Crippen molar-refractivity contribution in [2.75, 3.05) is 39.4 Å². The summed E-state index contributed by atoms with van der Waals surface area (Å²) in [5, 5.41) is 0. The number of hydrogen-bond donors (Lipinski definition) is 0. The zero-order valence-corrected chi connectivity index (χ0v) is 13.8. The van der Waals surface area contributed by atoms with Gasteiger partial charge in [0, 0.05) is 18.5 Å². The topological polar surface area (TPSA) is 42.0 Å². The average molecular weight is 310 g/mol. The van der Waals surface area contributed by atoms with Gasteiger partial charge >= 0.3 is 0 Å². The summed E-state index contributed by atoms with van der Waals surface area (Å²) in [5.74, 6) is 0.839. The summed E-state index contributed by atoms with van der Waals surface area (Å²) in [4.78, 5) is 17.1. The molecule has 0 aromatic carbocycles. The van der Waals surface area contributed by atoms with Crippen LogP contribution in [0.5, 0.6) is 0 Å². The zero-order valence-electron chi connectivity index (χ0n) is 13.8. The minimum atomic E-state index is 0.00409. The van der Waals surface area contributed by atoms with Gasteiger partial charge in [-0.25, -0.2) is 0 Å². The van der Waals surface area contributed by atoms with Crippen LogP contribution < -0.4 is 0 Å². The van der Waals surface area contributed by atoms with E-state index in [2.05, 4.69) is 16.7 Å².